The monoisotopic (exact) mass is 409 g/mol. The lowest BCUT2D eigenvalue weighted by Crippen LogP contribution is -2.06. The number of anilines is 2. The lowest BCUT2D eigenvalue weighted by atomic mass is 10.2. The SMILES string of the molecule is Cc1ccc(Nc2nc(COC(=O)CCc3nc4ccccc4s3)cs2)cc1. The Morgan fingerprint density at radius 2 is 1.93 bits per heavy atom. The number of hydrogen-bond donors (Lipinski definition) is 1. The first-order chi connectivity index (χ1) is 13.7. The lowest BCUT2D eigenvalue weighted by Gasteiger charge is -2.03. The van der Waals surface area contributed by atoms with Crippen LogP contribution in [0.1, 0.15) is 22.7 Å². The zero-order chi connectivity index (χ0) is 19.3. The lowest BCUT2D eigenvalue weighted by molar-refractivity contribution is -0.145. The van der Waals surface area contributed by atoms with E-state index in [2.05, 4.69) is 22.2 Å². The summed E-state index contributed by atoms with van der Waals surface area (Å²) in [5.74, 6) is -0.236. The van der Waals surface area contributed by atoms with E-state index in [0.29, 0.717) is 12.8 Å². The molecule has 0 unspecified atom stereocenters. The second-order valence-electron chi connectivity index (χ2n) is 6.37. The Kier molecular flexibility index (Phi) is 5.64. The van der Waals surface area contributed by atoms with Crippen LogP contribution in [0.15, 0.2) is 53.9 Å². The van der Waals surface area contributed by atoms with Crippen LogP contribution in [0.4, 0.5) is 10.8 Å². The van der Waals surface area contributed by atoms with Gasteiger partial charge in [-0.15, -0.1) is 22.7 Å². The molecule has 2 aromatic carbocycles. The van der Waals surface area contributed by atoms with Crippen molar-refractivity contribution in [3.8, 4) is 0 Å². The first-order valence-electron chi connectivity index (χ1n) is 8.94. The number of ether oxygens (including phenoxy) is 1. The summed E-state index contributed by atoms with van der Waals surface area (Å²) < 4.78 is 6.50. The summed E-state index contributed by atoms with van der Waals surface area (Å²) in [6.07, 6.45) is 0.911. The third-order valence-corrected chi connectivity index (χ3v) is 6.02. The number of aryl methyl sites for hydroxylation is 2. The normalized spacial score (nSPS) is 10.9. The van der Waals surface area contributed by atoms with E-state index in [1.165, 1.54) is 16.9 Å². The Bertz CT molecular complexity index is 1050. The summed E-state index contributed by atoms with van der Waals surface area (Å²) in [5.41, 5.74) is 3.92. The highest BCUT2D eigenvalue weighted by Gasteiger charge is 2.10. The van der Waals surface area contributed by atoms with Gasteiger partial charge in [-0.1, -0.05) is 29.8 Å². The maximum atomic E-state index is 12.0. The molecule has 0 atom stereocenters. The van der Waals surface area contributed by atoms with Crippen LogP contribution in [-0.4, -0.2) is 15.9 Å². The molecule has 0 saturated heterocycles. The van der Waals surface area contributed by atoms with Crippen molar-refractivity contribution >= 4 is 49.7 Å². The molecule has 142 valence electrons. The zero-order valence-corrected chi connectivity index (χ0v) is 17.0. The molecule has 4 rings (SSSR count). The Morgan fingerprint density at radius 3 is 2.75 bits per heavy atom. The van der Waals surface area contributed by atoms with Crippen molar-refractivity contribution < 1.29 is 9.53 Å². The van der Waals surface area contributed by atoms with Crippen LogP contribution in [0.2, 0.25) is 0 Å². The van der Waals surface area contributed by atoms with Gasteiger partial charge in [0.15, 0.2) is 5.13 Å². The average Bonchev–Trinajstić information content (AvgIpc) is 3.33. The Hall–Kier alpha value is -2.77. The molecule has 0 aliphatic carbocycles. The number of fused-ring (bicyclic) bond motifs is 1. The molecule has 0 spiro atoms. The van der Waals surface area contributed by atoms with Crippen molar-refractivity contribution in [1.82, 2.24) is 9.97 Å². The molecule has 0 bridgehead atoms. The van der Waals surface area contributed by atoms with Gasteiger partial charge in [-0.25, -0.2) is 9.97 Å². The second-order valence-corrected chi connectivity index (χ2v) is 8.34. The summed E-state index contributed by atoms with van der Waals surface area (Å²) in [4.78, 5) is 21.1. The first-order valence-corrected chi connectivity index (χ1v) is 10.6. The number of aromatic nitrogens is 2. The topological polar surface area (TPSA) is 64.1 Å². The smallest absolute Gasteiger partial charge is 0.306 e. The van der Waals surface area contributed by atoms with E-state index in [1.54, 1.807) is 11.3 Å². The number of hydrogen-bond acceptors (Lipinski definition) is 7. The Morgan fingerprint density at radius 1 is 1.11 bits per heavy atom. The number of nitrogens with zero attached hydrogens (tertiary/aromatic N) is 2. The van der Waals surface area contributed by atoms with E-state index < -0.39 is 0 Å². The molecular formula is C21H19N3O2S2. The van der Waals surface area contributed by atoms with Crippen LogP contribution in [0.25, 0.3) is 10.2 Å². The second kappa shape index (κ2) is 8.50. The summed E-state index contributed by atoms with van der Waals surface area (Å²) in [6.45, 7) is 2.24. The number of carbonyl (C=O) groups excluding carboxylic acids is 1. The van der Waals surface area contributed by atoms with Crippen molar-refractivity contribution in [3.63, 3.8) is 0 Å². The average molecular weight is 410 g/mol. The maximum Gasteiger partial charge on any atom is 0.306 e. The fourth-order valence-corrected chi connectivity index (χ4v) is 4.34. The molecule has 5 nitrogen and oxygen atoms in total. The third kappa shape index (κ3) is 4.74. The van der Waals surface area contributed by atoms with Gasteiger partial charge in [-0.05, 0) is 31.2 Å². The number of thiazole rings is 2. The molecular weight excluding hydrogens is 390 g/mol. The predicted octanol–water partition coefficient (Wildman–Crippen LogP) is 5.48. The summed E-state index contributed by atoms with van der Waals surface area (Å²) >= 11 is 3.11. The number of para-hydroxylation sites is 1. The molecule has 0 fully saturated rings. The van der Waals surface area contributed by atoms with Crippen LogP contribution in [0, 0.1) is 6.92 Å². The highest BCUT2D eigenvalue weighted by Crippen LogP contribution is 2.23. The van der Waals surface area contributed by atoms with Crippen molar-refractivity contribution in [3.05, 3.63) is 70.2 Å². The van der Waals surface area contributed by atoms with Crippen LogP contribution in [0.3, 0.4) is 0 Å². The van der Waals surface area contributed by atoms with Gasteiger partial charge in [0.25, 0.3) is 0 Å². The van der Waals surface area contributed by atoms with Gasteiger partial charge in [-0.3, -0.25) is 4.79 Å². The van der Waals surface area contributed by atoms with Gasteiger partial charge in [0.2, 0.25) is 0 Å². The van der Waals surface area contributed by atoms with E-state index in [4.69, 9.17) is 4.74 Å². The predicted molar refractivity (Wildman–Crippen MR) is 114 cm³/mol. The number of nitrogens with one attached hydrogen (secondary N) is 1. The van der Waals surface area contributed by atoms with Crippen molar-refractivity contribution in [2.24, 2.45) is 0 Å². The molecule has 0 amide bonds. The van der Waals surface area contributed by atoms with Gasteiger partial charge >= 0.3 is 5.97 Å². The minimum atomic E-state index is -0.236. The molecule has 0 radical (unpaired) electrons. The van der Waals surface area contributed by atoms with Crippen LogP contribution >= 0.6 is 22.7 Å². The highest BCUT2D eigenvalue weighted by atomic mass is 32.1. The fourth-order valence-electron chi connectivity index (χ4n) is 2.65. The third-order valence-electron chi connectivity index (χ3n) is 4.12. The standard InChI is InChI=1S/C21H19N3O2S2/c1-14-6-8-15(9-7-14)22-21-23-16(13-27-21)12-26-20(25)11-10-19-24-17-4-2-3-5-18(17)28-19/h2-9,13H,10-12H2,1H3,(H,22,23). The van der Waals surface area contributed by atoms with Crippen LogP contribution in [0.5, 0.6) is 0 Å². The summed E-state index contributed by atoms with van der Waals surface area (Å²) in [6, 6.07) is 16.1. The van der Waals surface area contributed by atoms with Gasteiger partial charge in [0.1, 0.15) is 6.61 Å². The number of rotatable bonds is 7. The van der Waals surface area contributed by atoms with E-state index >= 15 is 0 Å². The van der Waals surface area contributed by atoms with Gasteiger partial charge in [-0.2, -0.15) is 0 Å². The van der Waals surface area contributed by atoms with Crippen molar-refractivity contribution in [1.29, 1.82) is 0 Å². The fraction of sp³-hybridized carbons (Fsp3) is 0.190. The largest absolute Gasteiger partial charge is 0.459 e. The van der Waals surface area contributed by atoms with E-state index in [9.17, 15) is 4.79 Å². The summed E-state index contributed by atoms with van der Waals surface area (Å²) in [5, 5.41) is 6.90. The summed E-state index contributed by atoms with van der Waals surface area (Å²) in [7, 11) is 0. The molecule has 4 aromatic rings. The molecule has 2 heterocycles. The molecule has 1 N–H and O–H groups in total. The van der Waals surface area contributed by atoms with E-state index in [-0.39, 0.29) is 12.6 Å². The molecule has 2 aromatic heterocycles. The molecule has 0 aliphatic rings. The Balaban J connectivity index is 1.25. The van der Waals surface area contributed by atoms with Crippen molar-refractivity contribution in [2.75, 3.05) is 5.32 Å². The number of benzene rings is 2. The van der Waals surface area contributed by atoms with Crippen LogP contribution < -0.4 is 5.32 Å². The van der Waals surface area contributed by atoms with E-state index in [1.807, 2.05) is 53.9 Å². The number of esters is 1. The molecule has 0 aliphatic heterocycles. The van der Waals surface area contributed by atoms with Gasteiger partial charge in [0.05, 0.1) is 27.3 Å². The highest BCUT2D eigenvalue weighted by molar-refractivity contribution is 7.18. The first kappa shape index (κ1) is 18.6. The molecule has 28 heavy (non-hydrogen) atoms. The van der Waals surface area contributed by atoms with Crippen molar-refractivity contribution in [2.45, 2.75) is 26.4 Å². The molecule has 0 saturated carbocycles. The van der Waals surface area contributed by atoms with Gasteiger partial charge in [0, 0.05) is 17.5 Å². The Labute approximate surface area is 171 Å². The number of carbonyl (C=O) groups is 1. The minimum absolute atomic E-state index is 0.185. The quantitative estimate of drug-likeness (QED) is 0.409. The maximum absolute atomic E-state index is 12.0. The minimum Gasteiger partial charge on any atom is -0.459 e. The van der Waals surface area contributed by atoms with E-state index in [0.717, 1.165) is 31.7 Å². The zero-order valence-electron chi connectivity index (χ0n) is 15.3. The van der Waals surface area contributed by atoms with Crippen LogP contribution in [-0.2, 0) is 22.6 Å². The van der Waals surface area contributed by atoms with Gasteiger partial charge < -0.3 is 10.1 Å². The molecule has 7 heteroatoms.